The molecule has 1 aliphatic carbocycles. The van der Waals surface area contributed by atoms with Gasteiger partial charge in [-0.1, -0.05) is 42.0 Å². The Morgan fingerprint density at radius 1 is 1.17 bits per heavy atom. The lowest BCUT2D eigenvalue weighted by Gasteiger charge is -2.44. The summed E-state index contributed by atoms with van der Waals surface area (Å²) in [5.41, 5.74) is 3.17. The van der Waals surface area contributed by atoms with Gasteiger partial charge in [-0.25, -0.2) is 0 Å². The molecular weight excluding hydrogens is 218 g/mol. The SMILES string of the molecule is CC1CCC2=CCCCC2N1Cc1ccccc1. The van der Waals surface area contributed by atoms with E-state index in [0.717, 1.165) is 18.6 Å². The van der Waals surface area contributed by atoms with Crippen molar-refractivity contribution in [2.24, 2.45) is 0 Å². The van der Waals surface area contributed by atoms with Crippen LogP contribution in [-0.2, 0) is 6.54 Å². The van der Waals surface area contributed by atoms with E-state index in [1.807, 2.05) is 0 Å². The summed E-state index contributed by atoms with van der Waals surface area (Å²) >= 11 is 0. The maximum absolute atomic E-state index is 2.73. The van der Waals surface area contributed by atoms with Crippen molar-refractivity contribution in [1.82, 2.24) is 4.90 Å². The maximum Gasteiger partial charge on any atom is 0.0314 e. The molecule has 1 saturated heterocycles. The summed E-state index contributed by atoms with van der Waals surface area (Å²) in [5, 5.41) is 0. The Balaban J connectivity index is 1.80. The van der Waals surface area contributed by atoms with Gasteiger partial charge < -0.3 is 0 Å². The number of fused-ring (bicyclic) bond motifs is 1. The van der Waals surface area contributed by atoms with Gasteiger partial charge in [-0.15, -0.1) is 0 Å². The predicted octanol–water partition coefficient (Wildman–Crippen LogP) is 4.15. The summed E-state index contributed by atoms with van der Waals surface area (Å²) in [5.74, 6) is 0. The van der Waals surface area contributed by atoms with Gasteiger partial charge in [-0.3, -0.25) is 4.90 Å². The van der Waals surface area contributed by atoms with Crippen LogP contribution in [0.1, 0.15) is 44.6 Å². The molecular formula is C17H23N. The van der Waals surface area contributed by atoms with Crippen molar-refractivity contribution in [2.45, 2.75) is 57.7 Å². The molecule has 0 aromatic heterocycles. The van der Waals surface area contributed by atoms with E-state index in [1.165, 1.54) is 37.7 Å². The minimum atomic E-state index is 0.725. The molecule has 0 radical (unpaired) electrons. The summed E-state index contributed by atoms with van der Waals surface area (Å²) in [6.45, 7) is 3.51. The lowest BCUT2D eigenvalue weighted by Crippen LogP contribution is -2.46. The highest BCUT2D eigenvalue weighted by atomic mass is 15.2. The second-order valence-electron chi connectivity index (χ2n) is 5.77. The van der Waals surface area contributed by atoms with Gasteiger partial charge in [0.15, 0.2) is 0 Å². The van der Waals surface area contributed by atoms with Crippen LogP contribution in [0.15, 0.2) is 42.0 Å². The van der Waals surface area contributed by atoms with Crippen molar-refractivity contribution in [3.8, 4) is 0 Å². The number of hydrogen-bond acceptors (Lipinski definition) is 1. The number of nitrogens with zero attached hydrogens (tertiary/aromatic N) is 1. The summed E-state index contributed by atoms with van der Waals surface area (Å²) in [4.78, 5) is 2.73. The standard InChI is InChI=1S/C17H23N/c1-14-11-12-16-9-5-6-10-17(16)18(14)13-15-7-3-2-4-8-15/h2-4,7-9,14,17H,5-6,10-13H2,1H3. The largest absolute Gasteiger partial charge is 0.290 e. The number of likely N-dealkylation sites (tertiary alicyclic amines) is 1. The van der Waals surface area contributed by atoms with Gasteiger partial charge in [0.1, 0.15) is 0 Å². The van der Waals surface area contributed by atoms with Gasteiger partial charge in [-0.2, -0.15) is 0 Å². The van der Waals surface area contributed by atoms with Crippen LogP contribution in [0.3, 0.4) is 0 Å². The third-order valence-corrected chi connectivity index (χ3v) is 4.54. The van der Waals surface area contributed by atoms with Crippen molar-refractivity contribution >= 4 is 0 Å². The Kier molecular flexibility index (Phi) is 3.51. The summed E-state index contributed by atoms with van der Waals surface area (Å²) < 4.78 is 0. The second-order valence-corrected chi connectivity index (χ2v) is 5.77. The van der Waals surface area contributed by atoms with E-state index >= 15 is 0 Å². The Labute approximate surface area is 111 Å². The van der Waals surface area contributed by atoms with Crippen LogP contribution in [0.2, 0.25) is 0 Å². The molecule has 0 spiro atoms. The molecule has 1 nitrogen and oxygen atoms in total. The zero-order chi connectivity index (χ0) is 12.4. The molecule has 1 fully saturated rings. The molecule has 2 unspecified atom stereocenters. The fourth-order valence-electron chi connectivity index (χ4n) is 3.48. The van der Waals surface area contributed by atoms with Gasteiger partial charge in [-0.05, 0) is 44.6 Å². The zero-order valence-corrected chi connectivity index (χ0v) is 11.3. The molecule has 96 valence electrons. The van der Waals surface area contributed by atoms with Crippen molar-refractivity contribution in [2.75, 3.05) is 0 Å². The molecule has 0 bridgehead atoms. The van der Waals surface area contributed by atoms with Gasteiger partial charge in [0.2, 0.25) is 0 Å². The van der Waals surface area contributed by atoms with Crippen LogP contribution in [0, 0.1) is 0 Å². The van der Waals surface area contributed by atoms with Crippen molar-refractivity contribution < 1.29 is 0 Å². The molecule has 2 atom stereocenters. The minimum absolute atomic E-state index is 0.725. The molecule has 0 amide bonds. The van der Waals surface area contributed by atoms with E-state index < -0.39 is 0 Å². The monoisotopic (exact) mass is 241 g/mol. The first-order valence-electron chi connectivity index (χ1n) is 7.33. The Bertz CT molecular complexity index is 420. The molecule has 0 saturated carbocycles. The Morgan fingerprint density at radius 3 is 2.83 bits per heavy atom. The molecule has 1 aliphatic heterocycles. The van der Waals surface area contributed by atoms with E-state index in [2.05, 4.69) is 48.2 Å². The highest BCUT2D eigenvalue weighted by Crippen LogP contribution is 2.34. The van der Waals surface area contributed by atoms with Gasteiger partial charge in [0.05, 0.1) is 0 Å². The first kappa shape index (κ1) is 12.0. The summed E-state index contributed by atoms with van der Waals surface area (Å²) in [6.07, 6.45) is 9.21. The summed E-state index contributed by atoms with van der Waals surface area (Å²) in [7, 11) is 0. The topological polar surface area (TPSA) is 3.24 Å². The lowest BCUT2D eigenvalue weighted by molar-refractivity contribution is 0.110. The van der Waals surface area contributed by atoms with Crippen LogP contribution in [-0.4, -0.2) is 17.0 Å². The van der Waals surface area contributed by atoms with Crippen LogP contribution in [0.5, 0.6) is 0 Å². The number of benzene rings is 1. The first-order chi connectivity index (χ1) is 8.84. The minimum Gasteiger partial charge on any atom is -0.290 e. The third-order valence-electron chi connectivity index (χ3n) is 4.54. The van der Waals surface area contributed by atoms with E-state index in [1.54, 1.807) is 5.57 Å². The fourth-order valence-corrected chi connectivity index (χ4v) is 3.48. The van der Waals surface area contributed by atoms with Crippen LogP contribution in [0.25, 0.3) is 0 Å². The number of hydrogen-bond donors (Lipinski definition) is 0. The van der Waals surface area contributed by atoms with Crippen molar-refractivity contribution in [1.29, 1.82) is 0 Å². The number of allylic oxidation sites excluding steroid dienone is 1. The highest BCUT2D eigenvalue weighted by molar-refractivity contribution is 5.20. The Morgan fingerprint density at radius 2 is 2.00 bits per heavy atom. The molecule has 1 heteroatoms. The second kappa shape index (κ2) is 5.27. The quantitative estimate of drug-likeness (QED) is 0.703. The number of piperidine rings is 1. The lowest BCUT2D eigenvalue weighted by atomic mass is 9.84. The van der Waals surface area contributed by atoms with Crippen molar-refractivity contribution in [3.63, 3.8) is 0 Å². The average molecular weight is 241 g/mol. The van der Waals surface area contributed by atoms with Gasteiger partial charge >= 0.3 is 0 Å². The zero-order valence-electron chi connectivity index (χ0n) is 11.3. The molecule has 0 N–H and O–H groups in total. The van der Waals surface area contributed by atoms with Gasteiger partial charge in [0, 0.05) is 18.6 Å². The third kappa shape index (κ3) is 2.37. The molecule has 2 aliphatic rings. The Hall–Kier alpha value is -1.08. The van der Waals surface area contributed by atoms with Crippen LogP contribution >= 0.6 is 0 Å². The molecule has 1 aromatic carbocycles. The first-order valence-corrected chi connectivity index (χ1v) is 7.33. The molecule has 18 heavy (non-hydrogen) atoms. The van der Waals surface area contributed by atoms with Gasteiger partial charge in [0.25, 0.3) is 0 Å². The van der Waals surface area contributed by atoms with E-state index in [4.69, 9.17) is 0 Å². The van der Waals surface area contributed by atoms with Crippen molar-refractivity contribution in [3.05, 3.63) is 47.5 Å². The molecule has 3 rings (SSSR count). The average Bonchev–Trinajstić information content (AvgIpc) is 2.43. The predicted molar refractivity (Wildman–Crippen MR) is 76.4 cm³/mol. The highest BCUT2D eigenvalue weighted by Gasteiger charge is 2.31. The smallest absolute Gasteiger partial charge is 0.0314 e. The maximum atomic E-state index is 2.73. The van der Waals surface area contributed by atoms with E-state index in [0.29, 0.717) is 0 Å². The summed E-state index contributed by atoms with van der Waals surface area (Å²) in [6, 6.07) is 12.4. The molecule has 1 aromatic rings. The van der Waals surface area contributed by atoms with E-state index in [-0.39, 0.29) is 0 Å². The normalized spacial score (nSPS) is 28.6. The number of rotatable bonds is 2. The van der Waals surface area contributed by atoms with E-state index in [9.17, 15) is 0 Å². The van der Waals surface area contributed by atoms with Crippen LogP contribution < -0.4 is 0 Å². The fraction of sp³-hybridized carbons (Fsp3) is 0.529. The molecule has 1 heterocycles. The van der Waals surface area contributed by atoms with Crippen LogP contribution in [0.4, 0.5) is 0 Å².